The van der Waals surface area contributed by atoms with Gasteiger partial charge in [0.15, 0.2) is 0 Å². The lowest BCUT2D eigenvalue weighted by molar-refractivity contribution is -0.307. The highest BCUT2D eigenvalue weighted by Gasteiger charge is 2.09. The zero-order valence-corrected chi connectivity index (χ0v) is 9.96. The normalized spacial score (nSPS) is 13.1. The Labute approximate surface area is 101 Å². The van der Waals surface area contributed by atoms with Gasteiger partial charge in [0.25, 0.3) is 0 Å². The predicted molar refractivity (Wildman–Crippen MR) is 64.0 cm³/mol. The van der Waals surface area contributed by atoms with Crippen molar-refractivity contribution in [3.8, 4) is 5.75 Å². The van der Waals surface area contributed by atoms with Gasteiger partial charge in [-0.05, 0) is 42.2 Å². The summed E-state index contributed by atoms with van der Waals surface area (Å²) in [6.45, 7) is 3.87. The fourth-order valence-electron chi connectivity index (χ4n) is 1.40. The SMILES string of the molecule is CC(C)C[C@H](N=Cc1ccc(O)cc1)C(=O)[O-]. The van der Waals surface area contributed by atoms with Gasteiger partial charge >= 0.3 is 0 Å². The maximum Gasteiger partial charge on any atom is 0.115 e. The Morgan fingerprint density at radius 3 is 2.47 bits per heavy atom. The van der Waals surface area contributed by atoms with Crippen molar-refractivity contribution in [1.29, 1.82) is 0 Å². The first-order chi connectivity index (χ1) is 7.99. The van der Waals surface area contributed by atoms with Crippen molar-refractivity contribution in [2.75, 3.05) is 0 Å². The summed E-state index contributed by atoms with van der Waals surface area (Å²) in [7, 11) is 0. The van der Waals surface area contributed by atoms with Crippen molar-refractivity contribution in [3.63, 3.8) is 0 Å². The zero-order chi connectivity index (χ0) is 12.8. The Kier molecular flexibility index (Phi) is 4.69. The molecule has 1 rings (SSSR count). The first kappa shape index (κ1) is 13.2. The van der Waals surface area contributed by atoms with Crippen molar-refractivity contribution >= 4 is 12.2 Å². The second kappa shape index (κ2) is 6.03. The number of carbonyl (C=O) groups excluding carboxylic acids is 1. The molecule has 17 heavy (non-hydrogen) atoms. The third kappa shape index (κ3) is 4.68. The van der Waals surface area contributed by atoms with Gasteiger partial charge in [-0.2, -0.15) is 0 Å². The minimum Gasteiger partial charge on any atom is -0.548 e. The minimum atomic E-state index is -1.16. The average molecular weight is 234 g/mol. The van der Waals surface area contributed by atoms with Crippen LogP contribution in [0.25, 0.3) is 0 Å². The van der Waals surface area contributed by atoms with Crippen LogP contribution in [-0.4, -0.2) is 23.3 Å². The lowest BCUT2D eigenvalue weighted by atomic mass is 10.0. The molecule has 1 aromatic rings. The Morgan fingerprint density at radius 1 is 1.41 bits per heavy atom. The maximum atomic E-state index is 10.8. The molecule has 0 aliphatic rings. The summed E-state index contributed by atoms with van der Waals surface area (Å²) in [6.07, 6.45) is 1.94. The monoisotopic (exact) mass is 234 g/mol. The maximum absolute atomic E-state index is 10.8. The molecule has 92 valence electrons. The third-order valence-corrected chi connectivity index (χ3v) is 2.26. The predicted octanol–water partition coefficient (Wildman–Crippen LogP) is 0.976. The molecular formula is C13H16NO3-. The van der Waals surface area contributed by atoms with E-state index in [0.29, 0.717) is 6.42 Å². The summed E-state index contributed by atoms with van der Waals surface area (Å²) in [6, 6.07) is 5.57. The van der Waals surface area contributed by atoms with Crippen LogP contribution in [0.3, 0.4) is 0 Å². The van der Waals surface area contributed by atoms with E-state index in [1.807, 2.05) is 13.8 Å². The van der Waals surface area contributed by atoms with Crippen LogP contribution in [0.4, 0.5) is 0 Å². The fourth-order valence-corrected chi connectivity index (χ4v) is 1.40. The summed E-state index contributed by atoms with van der Waals surface area (Å²) in [4.78, 5) is 14.8. The Hall–Kier alpha value is -1.84. The molecule has 0 saturated carbocycles. The molecule has 0 amide bonds. The molecule has 4 heteroatoms. The second-order valence-electron chi connectivity index (χ2n) is 4.33. The molecule has 0 unspecified atom stereocenters. The molecule has 0 aliphatic heterocycles. The van der Waals surface area contributed by atoms with Gasteiger partial charge in [-0.25, -0.2) is 0 Å². The number of phenols is 1. The van der Waals surface area contributed by atoms with Gasteiger partial charge in [0.05, 0.1) is 12.0 Å². The largest absolute Gasteiger partial charge is 0.548 e. The van der Waals surface area contributed by atoms with E-state index in [-0.39, 0.29) is 11.7 Å². The van der Waals surface area contributed by atoms with E-state index in [9.17, 15) is 9.90 Å². The molecule has 0 aromatic heterocycles. The number of nitrogens with zero attached hydrogens (tertiary/aromatic N) is 1. The lowest BCUT2D eigenvalue weighted by Gasteiger charge is -2.15. The molecule has 0 saturated heterocycles. The standard InChI is InChI=1S/C13H17NO3/c1-9(2)7-12(13(16)17)14-8-10-3-5-11(15)6-4-10/h3-6,8-9,12,15H,7H2,1-2H3,(H,16,17)/p-1/t12-/m0/s1. The number of carbonyl (C=O) groups is 1. The van der Waals surface area contributed by atoms with E-state index in [0.717, 1.165) is 5.56 Å². The number of hydrogen-bond acceptors (Lipinski definition) is 4. The number of rotatable bonds is 5. The summed E-state index contributed by atoms with van der Waals surface area (Å²) in [5.41, 5.74) is 0.748. The van der Waals surface area contributed by atoms with Crippen molar-refractivity contribution in [2.45, 2.75) is 26.3 Å². The van der Waals surface area contributed by atoms with Crippen molar-refractivity contribution < 1.29 is 15.0 Å². The van der Waals surface area contributed by atoms with Crippen molar-refractivity contribution in [2.24, 2.45) is 10.9 Å². The number of aliphatic carboxylic acids is 1. The number of aliphatic imine (C=N–C) groups is 1. The smallest absolute Gasteiger partial charge is 0.115 e. The first-order valence-electron chi connectivity index (χ1n) is 5.52. The van der Waals surface area contributed by atoms with E-state index in [1.54, 1.807) is 12.1 Å². The van der Waals surface area contributed by atoms with Crippen LogP contribution in [-0.2, 0) is 4.79 Å². The highest BCUT2D eigenvalue weighted by atomic mass is 16.4. The summed E-state index contributed by atoms with van der Waals surface area (Å²) in [5, 5.41) is 19.9. The van der Waals surface area contributed by atoms with Gasteiger partial charge in [-0.3, -0.25) is 4.99 Å². The Bertz CT molecular complexity index is 396. The van der Waals surface area contributed by atoms with Gasteiger partial charge in [0, 0.05) is 6.21 Å². The fraction of sp³-hybridized carbons (Fsp3) is 0.385. The highest BCUT2D eigenvalue weighted by Crippen LogP contribution is 2.10. The number of hydrogen-bond donors (Lipinski definition) is 1. The zero-order valence-electron chi connectivity index (χ0n) is 9.96. The number of aromatic hydroxyl groups is 1. The molecule has 0 heterocycles. The molecular weight excluding hydrogens is 218 g/mol. The summed E-state index contributed by atoms with van der Waals surface area (Å²) < 4.78 is 0. The first-order valence-corrected chi connectivity index (χ1v) is 5.52. The highest BCUT2D eigenvalue weighted by molar-refractivity contribution is 5.82. The van der Waals surface area contributed by atoms with Gasteiger partial charge in [0.2, 0.25) is 0 Å². The molecule has 0 fully saturated rings. The second-order valence-corrected chi connectivity index (χ2v) is 4.33. The van der Waals surface area contributed by atoms with Crippen LogP contribution in [0.15, 0.2) is 29.3 Å². The van der Waals surface area contributed by atoms with Crippen LogP contribution in [0.2, 0.25) is 0 Å². The van der Waals surface area contributed by atoms with Crippen LogP contribution < -0.4 is 5.11 Å². The number of phenolic OH excluding ortho intramolecular Hbond substituents is 1. The summed E-state index contributed by atoms with van der Waals surface area (Å²) >= 11 is 0. The van der Waals surface area contributed by atoms with Gasteiger partial charge in [-0.15, -0.1) is 0 Å². The molecule has 1 N–H and O–H groups in total. The van der Waals surface area contributed by atoms with E-state index in [1.165, 1.54) is 18.3 Å². The quantitative estimate of drug-likeness (QED) is 0.772. The molecule has 0 bridgehead atoms. The van der Waals surface area contributed by atoms with Crippen molar-refractivity contribution in [1.82, 2.24) is 0 Å². The number of carboxylic acid groups (broad SMARTS) is 1. The average Bonchev–Trinajstić information content (AvgIpc) is 2.25. The molecule has 0 radical (unpaired) electrons. The van der Waals surface area contributed by atoms with E-state index >= 15 is 0 Å². The number of carboxylic acids is 1. The molecule has 1 aromatic carbocycles. The van der Waals surface area contributed by atoms with Crippen LogP contribution in [0.5, 0.6) is 5.75 Å². The van der Waals surface area contributed by atoms with Gasteiger partial charge < -0.3 is 15.0 Å². The molecule has 0 spiro atoms. The van der Waals surface area contributed by atoms with E-state index in [4.69, 9.17) is 5.11 Å². The Morgan fingerprint density at radius 2 is 2.00 bits per heavy atom. The molecule has 4 nitrogen and oxygen atoms in total. The topological polar surface area (TPSA) is 72.7 Å². The Balaban J connectivity index is 2.72. The summed E-state index contributed by atoms with van der Waals surface area (Å²) in [5.74, 6) is -0.746. The van der Waals surface area contributed by atoms with Gasteiger partial charge in [0.1, 0.15) is 5.75 Å². The van der Waals surface area contributed by atoms with Gasteiger partial charge in [-0.1, -0.05) is 13.8 Å². The number of benzene rings is 1. The minimum absolute atomic E-state index is 0.167. The van der Waals surface area contributed by atoms with Crippen LogP contribution >= 0.6 is 0 Å². The molecule has 0 aliphatic carbocycles. The van der Waals surface area contributed by atoms with E-state index in [2.05, 4.69) is 4.99 Å². The van der Waals surface area contributed by atoms with Crippen molar-refractivity contribution in [3.05, 3.63) is 29.8 Å². The molecule has 1 atom stereocenters. The van der Waals surface area contributed by atoms with E-state index < -0.39 is 12.0 Å². The lowest BCUT2D eigenvalue weighted by Crippen LogP contribution is -2.35. The van der Waals surface area contributed by atoms with Crippen LogP contribution in [0, 0.1) is 5.92 Å². The van der Waals surface area contributed by atoms with Crippen LogP contribution in [0.1, 0.15) is 25.8 Å². The third-order valence-electron chi connectivity index (χ3n) is 2.26.